The Morgan fingerprint density at radius 3 is 2.57 bits per heavy atom. The molecule has 2 aromatic carbocycles. The summed E-state index contributed by atoms with van der Waals surface area (Å²) < 4.78 is 5.49. The van der Waals surface area contributed by atoms with Gasteiger partial charge in [0.2, 0.25) is 0 Å². The molecule has 0 fully saturated rings. The summed E-state index contributed by atoms with van der Waals surface area (Å²) in [6.45, 7) is 2.68. The van der Waals surface area contributed by atoms with Gasteiger partial charge in [0.05, 0.1) is 0 Å². The van der Waals surface area contributed by atoms with Crippen LogP contribution >= 0.6 is 11.6 Å². The smallest absolute Gasteiger partial charge is 0.317 e. The van der Waals surface area contributed by atoms with Crippen molar-refractivity contribution in [2.24, 2.45) is 0 Å². The van der Waals surface area contributed by atoms with Crippen LogP contribution < -0.4 is 15.4 Å². The Labute approximate surface area is 141 Å². The van der Waals surface area contributed by atoms with Crippen molar-refractivity contribution in [1.29, 1.82) is 0 Å². The SMILES string of the molecule is CCCc1ccc(OCNC(=O)NCc2cccc(Cl)c2)cc1. The second-order valence-electron chi connectivity index (χ2n) is 5.17. The molecule has 0 aliphatic rings. The van der Waals surface area contributed by atoms with Crippen LogP contribution in [-0.4, -0.2) is 12.8 Å². The molecular formula is C18H21ClN2O2. The number of hydrogen-bond donors (Lipinski definition) is 2. The number of carbonyl (C=O) groups excluding carboxylic acids is 1. The molecule has 0 unspecified atom stereocenters. The number of hydrogen-bond acceptors (Lipinski definition) is 2. The third-order valence-corrected chi connectivity index (χ3v) is 3.51. The summed E-state index contributed by atoms with van der Waals surface area (Å²) in [5.41, 5.74) is 2.23. The van der Waals surface area contributed by atoms with Crippen molar-refractivity contribution in [3.8, 4) is 5.75 Å². The molecular weight excluding hydrogens is 312 g/mol. The van der Waals surface area contributed by atoms with Crippen LogP contribution in [0.1, 0.15) is 24.5 Å². The minimum absolute atomic E-state index is 0.120. The van der Waals surface area contributed by atoms with E-state index in [1.807, 2.05) is 42.5 Å². The molecule has 0 atom stereocenters. The molecule has 5 heteroatoms. The third-order valence-electron chi connectivity index (χ3n) is 3.28. The van der Waals surface area contributed by atoms with E-state index in [4.69, 9.17) is 16.3 Å². The average molecular weight is 333 g/mol. The number of benzene rings is 2. The highest BCUT2D eigenvalue weighted by molar-refractivity contribution is 6.30. The zero-order valence-electron chi connectivity index (χ0n) is 13.1. The van der Waals surface area contributed by atoms with Gasteiger partial charge in [-0.05, 0) is 41.8 Å². The molecule has 23 heavy (non-hydrogen) atoms. The van der Waals surface area contributed by atoms with Crippen molar-refractivity contribution < 1.29 is 9.53 Å². The fourth-order valence-corrected chi connectivity index (χ4v) is 2.33. The van der Waals surface area contributed by atoms with Crippen LogP contribution in [0, 0.1) is 0 Å². The molecule has 0 radical (unpaired) electrons. The Kier molecular flexibility index (Phi) is 6.76. The monoisotopic (exact) mass is 332 g/mol. The first-order chi connectivity index (χ1) is 11.2. The molecule has 0 spiro atoms. The predicted molar refractivity (Wildman–Crippen MR) is 92.8 cm³/mol. The molecule has 0 aliphatic heterocycles. The number of amides is 2. The lowest BCUT2D eigenvalue weighted by Crippen LogP contribution is -2.37. The topological polar surface area (TPSA) is 50.4 Å². The molecule has 122 valence electrons. The van der Waals surface area contributed by atoms with Crippen molar-refractivity contribution in [2.75, 3.05) is 6.73 Å². The lowest BCUT2D eigenvalue weighted by atomic mass is 10.1. The van der Waals surface area contributed by atoms with Gasteiger partial charge in [-0.2, -0.15) is 0 Å². The Bertz CT molecular complexity index is 629. The minimum atomic E-state index is -0.285. The van der Waals surface area contributed by atoms with E-state index in [-0.39, 0.29) is 12.8 Å². The van der Waals surface area contributed by atoms with Crippen molar-refractivity contribution in [3.05, 3.63) is 64.7 Å². The fourth-order valence-electron chi connectivity index (χ4n) is 2.12. The van der Waals surface area contributed by atoms with Crippen molar-refractivity contribution in [1.82, 2.24) is 10.6 Å². The highest BCUT2D eigenvalue weighted by Gasteiger charge is 2.01. The number of aryl methyl sites for hydroxylation is 1. The summed E-state index contributed by atoms with van der Waals surface area (Å²) >= 11 is 5.89. The van der Waals surface area contributed by atoms with Crippen LogP contribution in [-0.2, 0) is 13.0 Å². The Hall–Kier alpha value is -2.20. The van der Waals surface area contributed by atoms with E-state index in [1.165, 1.54) is 5.56 Å². The van der Waals surface area contributed by atoms with Gasteiger partial charge in [0.1, 0.15) is 5.75 Å². The molecule has 2 rings (SSSR count). The highest BCUT2D eigenvalue weighted by atomic mass is 35.5. The summed E-state index contributed by atoms with van der Waals surface area (Å²) in [6.07, 6.45) is 2.18. The van der Waals surface area contributed by atoms with E-state index < -0.39 is 0 Å². The normalized spacial score (nSPS) is 10.2. The summed E-state index contributed by atoms with van der Waals surface area (Å²) in [7, 11) is 0. The van der Waals surface area contributed by atoms with Crippen LogP contribution in [0.3, 0.4) is 0 Å². The van der Waals surface area contributed by atoms with Crippen molar-refractivity contribution in [2.45, 2.75) is 26.3 Å². The van der Waals surface area contributed by atoms with Crippen LogP contribution in [0.2, 0.25) is 5.02 Å². The number of rotatable bonds is 7. The van der Waals surface area contributed by atoms with Crippen LogP contribution in [0.15, 0.2) is 48.5 Å². The molecule has 0 bridgehead atoms. The number of ether oxygens (including phenoxy) is 1. The largest absolute Gasteiger partial charge is 0.473 e. The lowest BCUT2D eigenvalue weighted by Gasteiger charge is -2.10. The van der Waals surface area contributed by atoms with Gasteiger partial charge in [0.25, 0.3) is 0 Å². The van der Waals surface area contributed by atoms with Gasteiger partial charge in [-0.15, -0.1) is 0 Å². The van der Waals surface area contributed by atoms with Crippen molar-refractivity contribution in [3.63, 3.8) is 0 Å². The first-order valence-electron chi connectivity index (χ1n) is 7.65. The molecule has 2 aromatic rings. The first kappa shape index (κ1) is 17.2. The van der Waals surface area contributed by atoms with Crippen molar-refractivity contribution >= 4 is 17.6 Å². The van der Waals surface area contributed by atoms with E-state index >= 15 is 0 Å². The minimum Gasteiger partial charge on any atom is -0.473 e. The quantitative estimate of drug-likeness (QED) is 0.749. The van der Waals surface area contributed by atoms with Gasteiger partial charge in [-0.1, -0.05) is 49.2 Å². The van der Waals surface area contributed by atoms with Gasteiger partial charge in [-0.25, -0.2) is 4.79 Å². The molecule has 4 nitrogen and oxygen atoms in total. The zero-order valence-corrected chi connectivity index (χ0v) is 13.9. The molecule has 2 amide bonds. The molecule has 0 aromatic heterocycles. The molecule has 0 saturated carbocycles. The van der Waals surface area contributed by atoms with Gasteiger partial charge >= 0.3 is 6.03 Å². The Morgan fingerprint density at radius 2 is 1.87 bits per heavy atom. The van der Waals surface area contributed by atoms with Gasteiger partial charge in [-0.3, -0.25) is 0 Å². The number of carbonyl (C=O) groups is 1. The number of halogens is 1. The lowest BCUT2D eigenvalue weighted by molar-refractivity contribution is 0.223. The summed E-state index contributed by atoms with van der Waals surface area (Å²) in [5.74, 6) is 0.736. The fraction of sp³-hybridized carbons (Fsp3) is 0.278. The summed E-state index contributed by atoms with van der Waals surface area (Å²) in [5, 5.41) is 6.05. The van der Waals surface area contributed by atoms with Crippen LogP contribution in [0.5, 0.6) is 5.75 Å². The molecule has 0 aliphatic carbocycles. The third kappa shape index (κ3) is 6.20. The van der Waals surface area contributed by atoms with E-state index in [1.54, 1.807) is 6.07 Å². The number of urea groups is 1. The van der Waals surface area contributed by atoms with Crippen LogP contribution in [0.4, 0.5) is 4.79 Å². The Morgan fingerprint density at radius 1 is 1.09 bits per heavy atom. The Balaban J connectivity index is 1.68. The standard InChI is InChI=1S/C18H21ClN2O2/c1-2-4-14-7-9-17(10-8-14)23-13-21-18(22)20-12-15-5-3-6-16(19)11-15/h3,5-11H,2,4,12-13H2,1H3,(H2,20,21,22). The molecule has 2 N–H and O–H groups in total. The van der Waals surface area contributed by atoms with E-state index in [2.05, 4.69) is 17.6 Å². The predicted octanol–water partition coefficient (Wildman–Crippen LogP) is 4.13. The summed E-state index contributed by atoms with van der Waals surface area (Å²) in [4.78, 5) is 11.7. The van der Waals surface area contributed by atoms with E-state index in [9.17, 15) is 4.79 Å². The maximum Gasteiger partial charge on any atom is 0.317 e. The first-order valence-corrected chi connectivity index (χ1v) is 8.03. The van der Waals surface area contributed by atoms with Gasteiger partial charge in [0, 0.05) is 11.6 Å². The van der Waals surface area contributed by atoms with Gasteiger partial charge in [0.15, 0.2) is 6.73 Å². The number of nitrogens with one attached hydrogen (secondary N) is 2. The average Bonchev–Trinajstić information content (AvgIpc) is 2.55. The van der Waals surface area contributed by atoms with Crippen LogP contribution in [0.25, 0.3) is 0 Å². The summed E-state index contributed by atoms with van der Waals surface area (Å²) in [6, 6.07) is 15.0. The van der Waals surface area contributed by atoms with Gasteiger partial charge < -0.3 is 15.4 Å². The van der Waals surface area contributed by atoms with E-state index in [0.29, 0.717) is 11.6 Å². The van der Waals surface area contributed by atoms with E-state index in [0.717, 1.165) is 24.2 Å². The molecule has 0 saturated heterocycles. The second-order valence-corrected chi connectivity index (χ2v) is 5.61. The second kappa shape index (κ2) is 9.06. The zero-order chi connectivity index (χ0) is 16.5. The maximum absolute atomic E-state index is 11.7. The maximum atomic E-state index is 11.7. The molecule has 0 heterocycles. The highest BCUT2D eigenvalue weighted by Crippen LogP contribution is 2.13.